The molecule has 20 heavy (non-hydrogen) atoms. The van der Waals surface area contributed by atoms with Crippen LogP contribution in [0, 0.1) is 16.0 Å². The van der Waals surface area contributed by atoms with Gasteiger partial charge in [-0.1, -0.05) is 13.0 Å². The van der Waals surface area contributed by atoms with Gasteiger partial charge in [-0.2, -0.15) is 0 Å². The van der Waals surface area contributed by atoms with Crippen molar-refractivity contribution in [3.63, 3.8) is 0 Å². The predicted octanol–water partition coefficient (Wildman–Crippen LogP) is 1.50. The normalized spacial score (nSPS) is 22.0. The van der Waals surface area contributed by atoms with E-state index in [9.17, 15) is 20.0 Å². The number of carboxylic acids is 1. The summed E-state index contributed by atoms with van der Waals surface area (Å²) < 4.78 is 0. The lowest BCUT2D eigenvalue weighted by Gasteiger charge is -2.27. The van der Waals surface area contributed by atoms with E-state index < -0.39 is 16.6 Å². The molecule has 7 nitrogen and oxygen atoms in total. The number of hydrogen-bond acceptors (Lipinski definition) is 5. The molecule has 0 bridgehead atoms. The molecule has 1 saturated heterocycles. The summed E-state index contributed by atoms with van der Waals surface area (Å²) in [6, 6.07) is 4.02. The Labute approximate surface area is 115 Å². The molecule has 0 spiro atoms. The van der Waals surface area contributed by atoms with E-state index in [1.54, 1.807) is 4.90 Å². The number of aliphatic hydroxyl groups excluding tert-OH is 1. The molecule has 108 valence electrons. The molecule has 2 N–H and O–H groups in total. The van der Waals surface area contributed by atoms with Crippen LogP contribution in [0.15, 0.2) is 18.2 Å². The molecule has 7 heteroatoms. The molecule has 1 aromatic rings. The number of nitro benzene ring substituents is 1. The summed E-state index contributed by atoms with van der Waals surface area (Å²) in [5, 5.41) is 29.8. The molecule has 0 amide bonds. The quantitative estimate of drug-likeness (QED) is 0.639. The van der Waals surface area contributed by atoms with Gasteiger partial charge in [0.25, 0.3) is 0 Å². The maximum atomic E-state index is 11.2. The van der Waals surface area contributed by atoms with E-state index >= 15 is 0 Å². The van der Waals surface area contributed by atoms with Crippen LogP contribution in [-0.2, 0) is 0 Å². The van der Waals surface area contributed by atoms with Gasteiger partial charge in [0.2, 0.25) is 0 Å². The van der Waals surface area contributed by atoms with Crippen LogP contribution in [0.1, 0.15) is 23.7 Å². The number of hydrogen-bond donors (Lipinski definition) is 2. The van der Waals surface area contributed by atoms with Gasteiger partial charge < -0.3 is 15.1 Å². The van der Waals surface area contributed by atoms with Gasteiger partial charge >= 0.3 is 11.7 Å². The van der Waals surface area contributed by atoms with Crippen molar-refractivity contribution in [3.8, 4) is 0 Å². The summed E-state index contributed by atoms with van der Waals surface area (Å²) in [6.45, 7) is 2.42. The highest BCUT2D eigenvalue weighted by Crippen LogP contribution is 2.37. The van der Waals surface area contributed by atoms with Crippen LogP contribution in [0.5, 0.6) is 0 Å². The van der Waals surface area contributed by atoms with E-state index in [4.69, 9.17) is 5.11 Å². The van der Waals surface area contributed by atoms with Gasteiger partial charge in [0.05, 0.1) is 17.6 Å². The number of rotatable bonds is 4. The summed E-state index contributed by atoms with van der Waals surface area (Å²) in [7, 11) is 0. The molecular weight excluding hydrogens is 264 g/mol. The van der Waals surface area contributed by atoms with Gasteiger partial charge in [0.1, 0.15) is 11.3 Å². The fourth-order valence-electron chi connectivity index (χ4n) is 2.71. The first-order valence-corrected chi connectivity index (χ1v) is 6.35. The number of anilines is 1. The van der Waals surface area contributed by atoms with Gasteiger partial charge in [-0.25, -0.2) is 4.79 Å². The average molecular weight is 280 g/mol. The van der Waals surface area contributed by atoms with E-state index in [2.05, 4.69) is 0 Å². The Bertz CT molecular complexity index is 546. The highest BCUT2D eigenvalue weighted by molar-refractivity contribution is 5.95. The van der Waals surface area contributed by atoms with Crippen LogP contribution in [0.4, 0.5) is 11.4 Å². The molecule has 0 aliphatic carbocycles. The van der Waals surface area contributed by atoms with E-state index in [0.29, 0.717) is 6.54 Å². The Morgan fingerprint density at radius 2 is 2.25 bits per heavy atom. The molecule has 2 atom stereocenters. The van der Waals surface area contributed by atoms with E-state index in [1.807, 2.05) is 6.92 Å². The first kappa shape index (κ1) is 14.3. The van der Waals surface area contributed by atoms with E-state index in [0.717, 1.165) is 6.42 Å². The standard InChI is InChI=1S/C13H16N2O5/c1-8-5-6-14(11(8)7-16)10-4-2-3-9(13(17)18)12(10)15(19)20/h2-4,8,11,16H,5-7H2,1H3,(H,17,18). The zero-order chi connectivity index (χ0) is 14.9. The summed E-state index contributed by atoms with van der Waals surface area (Å²) in [5.74, 6) is -1.13. The molecule has 1 aromatic carbocycles. The van der Waals surface area contributed by atoms with Gasteiger partial charge in [0.15, 0.2) is 0 Å². The predicted molar refractivity (Wildman–Crippen MR) is 72.1 cm³/mol. The molecule has 0 saturated carbocycles. The first-order valence-electron chi connectivity index (χ1n) is 6.35. The van der Waals surface area contributed by atoms with Crippen molar-refractivity contribution in [1.29, 1.82) is 0 Å². The Hall–Kier alpha value is -2.15. The Kier molecular flexibility index (Phi) is 3.89. The van der Waals surface area contributed by atoms with Crippen LogP contribution < -0.4 is 4.90 Å². The SMILES string of the molecule is CC1CCN(c2cccc(C(=O)O)c2[N+](=O)[O-])C1CO. The van der Waals surface area contributed by atoms with Gasteiger partial charge in [-0.05, 0) is 24.5 Å². The molecule has 1 aliphatic heterocycles. The highest BCUT2D eigenvalue weighted by Gasteiger charge is 2.36. The number of aromatic carboxylic acids is 1. The summed E-state index contributed by atoms with van der Waals surface area (Å²) >= 11 is 0. The Morgan fingerprint density at radius 3 is 2.80 bits per heavy atom. The van der Waals surface area contributed by atoms with Crippen LogP contribution in [-0.4, -0.2) is 40.3 Å². The molecule has 2 rings (SSSR count). The smallest absolute Gasteiger partial charge is 0.342 e. The number of benzene rings is 1. The van der Waals surface area contributed by atoms with Crippen molar-refractivity contribution < 1.29 is 19.9 Å². The van der Waals surface area contributed by atoms with Crippen molar-refractivity contribution in [2.75, 3.05) is 18.1 Å². The average Bonchev–Trinajstić information content (AvgIpc) is 2.78. The minimum absolute atomic E-state index is 0.115. The number of nitro groups is 1. The lowest BCUT2D eigenvalue weighted by atomic mass is 10.0. The fourth-order valence-corrected chi connectivity index (χ4v) is 2.71. The zero-order valence-electron chi connectivity index (χ0n) is 11.0. The molecule has 2 unspecified atom stereocenters. The lowest BCUT2D eigenvalue weighted by Crippen LogP contribution is -2.35. The van der Waals surface area contributed by atoms with Crippen LogP contribution in [0.25, 0.3) is 0 Å². The third kappa shape index (κ3) is 2.32. The number of para-hydroxylation sites is 1. The third-order valence-electron chi connectivity index (χ3n) is 3.81. The van der Waals surface area contributed by atoms with Crippen LogP contribution in [0.2, 0.25) is 0 Å². The van der Waals surface area contributed by atoms with Crippen LogP contribution >= 0.6 is 0 Å². The molecule has 1 aliphatic rings. The van der Waals surface area contributed by atoms with Crippen molar-refractivity contribution >= 4 is 17.3 Å². The van der Waals surface area contributed by atoms with Crippen molar-refractivity contribution in [2.24, 2.45) is 5.92 Å². The maximum Gasteiger partial charge on any atom is 0.342 e. The minimum atomic E-state index is -1.33. The molecule has 1 heterocycles. The zero-order valence-corrected chi connectivity index (χ0v) is 11.0. The first-order chi connectivity index (χ1) is 9.47. The van der Waals surface area contributed by atoms with E-state index in [1.165, 1.54) is 18.2 Å². The molecule has 1 fully saturated rings. The topological polar surface area (TPSA) is 104 Å². The Morgan fingerprint density at radius 1 is 1.55 bits per heavy atom. The second kappa shape index (κ2) is 5.46. The monoisotopic (exact) mass is 280 g/mol. The summed E-state index contributed by atoms with van der Waals surface area (Å²) in [4.78, 5) is 23.4. The van der Waals surface area contributed by atoms with E-state index in [-0.39, 0.29) is 29.8 Å². The van der Waals surface area contributed by atoms with Crippen molar-refractivity contribution in [2.45, 2.75) is 19.4 Å². The molecule has 0 radical (unpaired) electrons. The Balaban J connectivity index is 2.54. The number of carbonyl (C=O) groups is 1. The van der Waals surface area contributed by atoms with Crippen molar-refractivity contribution in [3.05, 3.63) is 33.9 Å². The second-order valence-corrected chi connectivity index (χ2v) is 4.94. The number of carboxylic acid groups (broad SMARTS) is 1. The summed E-state index contributed by atoms with van der Waals surface area (Å²) in [5.41, 5.74) is -0.477. The largest absolute Gasteiger partial charge is 0.477 e. The van der Waals surface area contributed by atoms with Crippen LogP contribution in [0.3, 0.4) is 0 Å². The molecular formula is C13H16N2O5. The lowest BCUT2D eigenvalue weighted by molar-refractivity contribution is -0.384. The fraction of sp³-hybridized carbons (Fsp3) is 0.462. The van der Waals surface area contributed by atoms with Crippen molar-refractivity contribution in [1.82, 2.24) is 0 Å². The van der Waals surface area contributed by atoms with Gasteiger partial charge in [0, 0.05) is 6.54 Å². The van der Waals surface area contributed by atoms with Gasteiger partial charge in [-0.3, -0.25) is 10.1 Å². The maximum absolute atomic E-state index is 11.2. The molecule has 0 aromatic heterocycles. The minimum Gasteiger partial charge on any atom is -0.477 e. The summed E-state index contributed by atoms with van der Waals surface area (Å²) in [6.07, 6.45) is 0.805. The second-order valence-electron chi connectivity index (χ2n) is 4.94. The van der Waals surface area contributed by atoms with Gasteiger partial charge in [-0.15, -0.1) is 0 Å². The number of nitrogens with zero attached hydrogens (tertiary/aromatic N) is 2. The number of aliphatic hydroxyl groups is 1. The highest BCUT2D eigenvalue weighted by atomic mass is 16.6. The third-order valence-corrected chi connectivity index (χ3v) is 3.81.